The summed E-state index contributed by atoms with van der Waals surface area (Å²) in [5.41, 5.74) is 7.61. The Morgan fingerprint density at radius 2 is 1.85 bits per heavy atom. The van der Waals surface area contributed by atoms with E-state index in [-0.39, 0.29) is 28.1 Å². The summed E-state index contributed by atoms with van der Waals surface area (Å²) in [5, 5.41) is 10.3. The number of nitrogens with two attached hydrogens (primary N) is 1. The minimum Gasteiger partial charge on any atom is -0.476 e. The van der Waals surface area contributed by atoms with Crippen LogP contribution in [0.25, 0.3) is 16.9 Å². The molecule has 4 rings (SSSR count). The molecule has 0 bridgehead atoms. The third-order valence-electron chi connectivity index (χ3n) is 6.28. The highest BCUT2D eigenvalue weighted by molar-refractivity contribution is 6.31. The van der Waals surface area contributed by atoms with E-state index in [9.17, 15) is 19.1 Å². The minimum absolute atomic E-state index is 0.00287. The van der Waals surface area contributed by atoms with Crippen molar-refractivity contribution in [2.45, 2.75) is 51.0 Å². The number of hydrogen-bond donors (Lipinski definition) is 2. The first-order valence-electron chi connectivity index (χ1n) is 11.1. The maximum Gasteiger partial charge on any atom is 0.356 e. The molecule has 9 heteroatoms. The molecular formula is C25H24Cl2FN3O3. The first-order chi connectivity index (χ1) is 16.2. The zero-order valence-corrected chi connectivity index (χ0v) is 20.0. The van der Waals surface area contributed by atoms with E-state index in [0.717, 1.165) is 32.1 Å². The molecule has 178 valence electrons. The van der Waals surface area contributed by atoms with E-state index < -0.39 is 17.8 Å². The van der Waals surface area contributed by atoms with Gasteiger partial charge in [0.25, 0.3) is 0 Å². The van der Waals surface area contributed by atoms with Gasteiger partial charge in [0.2, 0.25) is 0 Å². The van der Waals surface area contributed by atoms with Crippen LogP contribution in [0, 0.1) is 5.82 Å². The molecule has 0 radical (unpaired) electrons. The van der Waals surface area contributed by atoms with Crippen LogP contribution < -0.4 is 5.73 Å². The van der Waals surface area contributed by atoms with Crippen LogP contribution in [0.4, 0.5) is 4.39 Å². The standard InChI is InChI=1S/C25H24Cl2FN3O3/c1-13(32)21(29)17-9-8-16(26)12-20(17)31-23(15-7-10-19(28)18(27)11-15)22(25(33)34)30-24(31)14-5-3-2-4-6-14/h7-12,14,21H,2-6,29H2,1H3,(H,33,34). The van der Waals surface area contributed by atoms with Gasteiger partial charge in [0.05, 0.1) is 22.4 Å². The predicted molar refractivity (Wildman–Crippen MR) is 129 cm³/mol. The largest absolute Gasteiger partial charge is 0.476 e. The molecule has 0 saturated heterocycles. The monoisotopic (exact) mass is 503 g/mol. The SMILES string of the molecule is CC(=O)C(N)c1ccc(Cl)cc1-n1c(C2CCCCC2)nc(C(=O)O)c1-c1ccc(F)c(Cl)c1. The van der Waals surface area contributed by atoms with E-state index in [0.29, 0.717) is 27.7 Å². The van der Waals surface area contributed by atoms with Gasteiger partial charge in [-0.2, -0.15) is 0 Å². The molecule has 2 aromatic carbocycles. The van der Waals surface area contributed by atoms with Crippen molar-refractivity contribution in [1.82, 2.24) is 9.55 Å². The van der Waals surface area contributed by atoms with Crippen molar-refractivity contribution < 1.29 is 19.1 Å². The number of carbonyl (C=O) groups is 2. The fourth-order valence-electron chi connectivity index (χ4n) is 4.57. The summed E-state index contributed by atoms with van der Waals surface area (Å²) in [6.45, 7) is 1.39. The van der Waals surface area contributed by atoms with E-state index in [1.165, 1.54) is 25.1 Å². The number of carboxylic acids is 1. The van der Waals surface area contributed by atoms with Gasteiger partial charge < -0.3 is 10.8 Å². The Hall–Kier alpha value is -2.74. The molecule has 1 saturated carbocycles. The lowest BCUT2D eigenvalue weighted by atomic mass is 9.88. The van der Waals surface area contributed by atoms with Crippen LogP contribution in [0.2, 0.25) is 10.0 Å². The summed E-state index contributed by atoms with van der Waals surface area (Å²) in [4.78, 5) is 29.1. The van der Waals surface area contributed by atoms with Crippen LogP contribution in [0.5, 0.6) is 0 Å². The van der Waals surface area contributed by atoms with Crippen LogP contribution in [-0.2, 0) is 4.79 Å². The molecule has 6 nitrogen and oxygen atoms in total. The fraction of sp³-hybridized carbons (Fsp3) is 0.320. The number of rotatable bonds is 6. The van der Waals surface area contributed by atoms with Crippen LogP contribution in [0.15, 0.2) is 36.4 Å². The Bertz CT molecular complexity index is 1270. The molecular weight excluding hydrogens is 480 g/mol. The van der Waals surface area contributed by atoms with Crippen molar-refractivity contribution in [1.29, 1.82) is 0 Å². The third-order valence-corrected chi connectivity index (χ3v) is 6.80. The second-order valence-corrected chi connectivity index (χ2v) is 9.41. The number of ketones is 1. The van der Waals surface area contributed by atoms with Gasteiger partial charge in [0, 0.05) is 22.1 Å². The number of Topliss-reactive ketones (excluding diaryl/α,β-unsaturated/α-hetero) is 1. The summed E-state index contributed by atoms with van der Waals surface area (Å²) in [5.74, 6) is -1.56. The summed E-state index contributed by atoms with van der Waals surface area (Å²) in [6, 6.07) is 8.00. The molecule has 0 spiro atoms. The zero-order valence-electron chi connectivity index (χ0n) is 18.5. The number of aromatic carboxylic acids is 1. The minimum atomic E-state index is -1.23. The van der Waals surface area contributed by atoms with Gasteiger partial charge in [0.1, 0.15) is 11.6 Å². The van der Waals surface area contributed by atoms with Gasteiger partial charge in [-0.3, -0.25) is 9.36 Å². The fourth-order valence-corrected chi connectivity index (χ4v) is 4.91. The molecule has 1 atom stereocenters. The summed E-state index contributed by atoms with van der Waals surface area (Å²) < 4.78 is 15.7. The van der Waals surface area contributed by atoms with Gasteiger partial charge in [-0.05, 0) is 50.1 Å². The van der Waals surface area contributed by atoms with E-state index >= 15 is 0 Å². The Morgan fingerprint density at radius 1 is 1.15 bits per heavy atom. The van der Waals surface area contributed by atoms with E-state index in [2.05, 4.69) is 4.98 Å². The zero-order chi connectivity index (χ0) is 24.6. The average molecular weight is 504 g/mol. The van der Waals surface area contributed by atoms with Crippen molar-refractivity contribution in [2.24, 2.45) is 5.73 Å². The molecule has 0 aliphatic heterocycles. The molecule has 1 heterocycles. The summed E-state index contributed by atoms with van der Waals surface area (Å²) in [6.07, 6.45) is 4.77. The van der Waals surface area contributed by atoms with Crippen molar-refractivity contribution in [3.05, 3.63) is 69.3 Å². The average Bonchev–Trinajstić information content (AvgIpc) is 3.22. The maximum absolute atomic E-state index is 14.0. The van der Waals surface area contributed by atoms with E-state index in [1.54, 1.807) is 22.8 Å². The number of aromatic nitrogens is 2. The Labute approximate surface area is 206 Å². The lowest BCUT2D eigenvalue weighted by molar-refractivity contribution is -0.118. The lowest BCUT2D eigenvalue weighted by Crippen LogP contribution is -2.22. The number of benzene rings is 2. The highest BCUT2D eigenvalue weighted by Crippen LogP contribution is 2.40. The Morgan fingerprint density at radius 3 is 2.47 bits per heavy atom. The number of nitrogens with zero attached hydrogens (tertiary/aromatic N) is 2. The number of halogens is 3. The van der Waals surface area contributed by atoms with E-state index in [1.807, 2.05) is 0 Å². The molecule has 0 amide bonds. The first kappa shape index (κ1) is 24.4. The topological polar surface area (TPSA) is 98.2 Å². The summed E-state index contributed by atoms with van der Waals surface area (Å²) >= 11 is 12.4. The number of carbonyl (C=O) groups excluding carboxylic acids is 1. The van der Waals surface area contributed by atoms with Gasteiger partial charge in [-0.25, -0.2) is 14.2 Å². The number of imidazole rings is 1. The molecule has 1 aromatic heterocycles. The smallest absolute Gasteiger partial charge is 0.356 e. The van der Waals surface area contributed by atoms with Gasteiger partial charge in [0.15, 0.2) is 11.5 Å². The predicted octanol–water partition coefficient (Wildman–Crippen LogP) is 6.32. The second kappa shape index (κ2) is 9.86. The van der Waals surface area contributed by atoms with Gasteiger partial charge in [-0.1, -0.05) is 48.5 Å². The Kier molecular flexibility index (Phi) is 7.07. The highest BCUT2D eigenvalue weighted by atomic mass is 35.5. The maximum atomic E-state index is 14.0. The molecule has 34 heavy (non-hydrogen) atoms. The number of carboxylic acid groups (broad SMARTS) is 1. The van der Waals surface area contributed by atoms with Crippen molar-refractivity contribution in [3.63, 3.8) is 0 Å². The quantitative estimate of drug-likeness (QED) is 0.410. The third kappa shape index (κ3) is 4.60. The van der Waals surface area contributed by atoms with Crippen LogP contribution in [-0.4, -0.2) is 26.4 Å². The van der Waals surface area contributed by atoms with Crippen molar-refractivity contribution in [2.75, 3.05) is 0 Å². The highest BCUT2D eigenvalue weighted by Gasteiger charge is 2.31. The first-order valence-corrected chi connectivity index (χ1v) is 11.8. The molecule has 1 fully saturated rings. The lowest BCUT2D eigenvalue weighted by Gasteiger charge is -2.25. The Balaban J connectivity index is 2.10. The van der Waals surface area contributed by atoms with E-state index in [4.69, 9.17) is 28.9 Å². The van der Waals surface area contributed by atoms with Crippen LogP contribution in [0.3, 0.4) is 0 Å². The van der Waals surface area contributed by atoms with Crippen LogP contribution >= 0.6 is 23.2 Å². The normalized spacial score (nSPS) is 15.3. The number of hydrogen-bond acceptors (Lipinski definition) is 4. The molecule has 3 N–H and O–H groups in total. The molecule has 1 aliphatic rings. The molecule has 1 unspecified atom stereocenters. The molecule has 3 aromatic rings. The van der Waals surface area contributed by atoms with Gasteiger partial charge >= 0.3 is 5.97 Å². The summed E-state index contributed by atoms with van der Waals surface area (Å²) in [7, 11) is 0. The molecule has 1 aliphatic carbocycles. The van der Waals surface area contributed by atoms with Gasteiger partial charge in [-0.15, -0.1) is 0 Å². The van der Waals surface area contributed by atoms with Crippen molar-refractivity contribution >= 4 is 35.0 Å². The van der Waals surface area contributed by atoms with Crippen molar-refractivity contribution in [3.8, 4) is 16.9 Å². The second-order valence-electron chi connectivity index (χ2n) is 8.56. The van der Waals surface area contributed by atoms with Crippen LogP contribution in [0.1, 0.15) is 72.9 Å².